The fraction of sp³-hybridized carbons (Fsp3) is 0.500. The predicted octanol–water partition coefficient (Wildman–Crippen LogP) is 4.85. The molecule has 4 rings (SSSR count). The van der Waals surface area contributed by atoms with E-state index >= 15 is 0 Å². The van der Waals surface area contributed by atoms with Crippen molar-refractivity contribution in [1.29, 1.82) is 0 Å². The van der Waals surface area contributed by atoms with Gasteiger partial charge in [0.25, 0.3) is 5.56 Å². The van der Waals surface area contributed by atoms with Crippen LogP contribution in [0.1, 0.15) is 48.4 Å². The SMILES string of the molecule is CC(C)CCn1c(SCC(=O)NCc2cccs2)nc2sc3c(c2c1=O)CCCC3. The van der Waals surface area contributed by atoms with Crippen molar-refractivity contribution in [3.63, 3.8) is 0 Å². The molecule has 3 heterocycles. The number of hydrogen-bond donors (Lipinski definition) is 1. The van der Waals surface area contributed by atoms with Crippen LogP contribution in [0.25, 0.3) is 10.2 Å². The van der Waals surface area contributed by atoms with E-state index in [1.54, 1.807) is 27.2 Å². The molecule has 0 atom stereocenters. The van der Waals surface area contributed by atoms with Crippen LogP contribution in [0.3, 0.4) is 0 Å². The molecule has 30 heavy (non-hydrogen) atoms. The molecule has 0 bridgehead atoms. The summed E-state index contributed by atoms with van der Waals surface area (Å²) in [4.78, 5) is 34.0. The number of fused-ring (bicyclic) bond motifs is 3. The number of nitrogens with one attached hydrogen (secondary N) is 1. The number of amides is 1. The van der Waals surface area contributed by atoms with E-state index in [0.717, 1.165) is 40.8 Å². The van der Waals surface area contributed by atoms with Crippen molar-refractivity contribution >= 4 is 50.6 Å². The van der Waals surface area contributed by atoms with Gasteiger partial charge in [-0.05, 0) is 55.0 Å². The average molecular weight is 462 g/mol. The lowest BCUT2D eigenvalue weighted by Crippen LogP contribution is -2.27. The van der Waals surface area contributed by atoms with Crippen molar-refractivity contribution in [3.8, 4) is 0 Å². The van der Waals surface area contributed by atoms with Crippen LogP contribution in [0.2, 0.25) is 0 Å². The second-order valence-electron chi connectivity index (χ2n) is 8.07. The Balaban J connectivity index is 1.57. The van der Waals surface area contributed by atoms with Gasteiger partial charge >= 0.3 is 0 Å². The van der Waals surface area contributed by atoms with Crippen LogP contribution in [0.4, 0.5) is 0 Å². The molecule has 1 N–H and O–H groups in total. The Kier molecular flexibility index (Phi) is 6.95. The third kappa shape index (κ3) is 4.81. The number of carbonyl (C=O) groups excluding carboxylic acids is 1. The molecule has 0 fully saturated rings. The van der Waals surface area contributed by atoms with Crippen LogP contribution in [-0.4, -0.2) is 21.2 Å². The number of carbonyl (C=O) groups is 1. The van der Waals surface area contributed by atoms with Crippen molar-refractivity contribution in [2.24, 2.45) is 5.92 Å². The summed E-state index contributed by atoms with van der Waals surface area (Å²) in [6, 6.07) is 3.99. The van der Waals surface area contributed by atoms with Gasteiger partial charge in [0.1, 0.15) is 4.83 Å². The number of hydrogen-bond acceptors (Lipinski definition) is 6. The fourth-order valence-electron chi connectivity index (χ4n) is 3.69. The number of thioether (sulfide) groups is 1. The summed E-state index contributed by atoms with van der Waals surface area (Å²) in [6.07, 6.45) is 5.28. The highest BCUT2D eigenvalue weighted by Crippen LogP contribution is 2.34. The number of aryl methyl sites for hydroxylation is 2. The molecule has 0 saturated heterocycles. The second kappa shape index (κ2) is 9.66. The Bertz CT molecular complexity index is 1080. The standard InChI is InChI=1S/C22H27N3O2S3/c1-14(2)9-10-25-21(27)19-16-7-3-4-8-17(16)30-20(19)24-22(25)29-13-18(26)23-12-15-6-5-11-28-15/h5-6,11,14H,3-4,7-10,12-13H2,1-2H3,(H,23,26). The molecule has 1 aliphatic rings. The van der Waals surface area contributed by atoms with Crippen LogP contribution in [0.5, 0.6) is 0 Å². The smallest absolute Gasteiger partial charge is 0.263 e. The maximum Gasteiger partial charge on any atom is 0.263 e. The molecular formula is C22H27N3O2S3. The number of rotatable bonds is 8. The molecule has 0 aliphatic heterocycles. The molecule has 3 aromatic heterocycles. The normalized spacial score (nSPS) is 13.7. The molecule has 0 spiro atoms. The molecule has 8 heteroatoms. The quantitative estimate of drug-likeness (QED) is 0.385. The van der Waals surface area contributed by atoms with Crippen molar-refractivity contribution in [2.45, 2.75) is 64.2 Å². The Morgan fingerprint density at radius 3 is 2.93 bits per heavy atom. The lowest BCUT2D eigenvalue weighted by atomic mass is 9.97. The first-order valence-corrected chi connectivity index (χ1v) is 13.2. The van der Waals surface area contributed by atoms with E-state index in [0.29, 0.717) is 24.2 Å². The maximum atomic E-state index is 13.4. The highest BCUT2D eigenvalue weighted by atomic mass is 32.2. The van der Waals surface area contributed by atoms with E-state index in [-0.39, 0.29) is 17.2 Å². The molecule has 0 unspecified atom stereocenters. The molecule has 160 valence electrons. The minimum absolute atomic E-state index is 0.0383. The van der Waals surface area contributed by atoms with Gasteiger partial charge in [0, 0.05) is 16.3 Å². The monoisotopic (exact) mass is 461 g/mol. The molecule has 1 amide bonds. The third-order valence-electron chi connectivity index (χ3n) is 5.34. The van der Waals surface area contributed by atoms with Crippen molar-refractivity contribution in [3.05, 3.63) is 43.2 Å². The topological polar surface area (TPSA) is 64.0 Å². The third-order valence-corrected chi connectivity index (χ3v) is 8.38. The first-order chi connectivity index (χ1) is 14.5. The van der Waals surface area contributed by atoms with Crippen LogP contribution < -0.4 is 10.9 Å². The Labute approximate surface area is 188 Å². The van der Waals surface area contributed by atoms with E-state index in [1.165, 1.54) is 28.6 Å². The highest BCUT2D eigenvalue weighted by Gasteiger charge is 2.22. The van der Waals surface area contributed by atoms with Crippen molar-refractivity contribution in [1.82, 2.24) is 14.9 Å². The molecule has 5 nitrogen and oxygen atoms in total. The van der Waals surface area contributed by atoms with Gasteiger partial charge in [0.15, 0.2) is 5.16 Å². The minimum atomic E-state index is -0.0383. The van der Waals surface area contributed by atoms with Gasteiger partial charge in [0.05, 0.1) is 17.7 Å². The summed E-state index contributed by atoms with van der Waals surface area (Å²) in [7, 11) is 0. The minimum Gasteiger partial charge on any atom is -0.350 e. The Morgan fingerprint density at radius 1 is 1.33 bits per heavy atom. The summed E-state index contributed by atoms with van der Waals surface area (Å²) in [5, 5.41) is 6.45. The second-order valence-corrected chi connectivity index (χ2v) is 11.1. The summed E-state index contributed by atoms with van der Waals surface area (Å²) in [5.41, 5.74) is 1.30. The van der Waals surface area contributed by atoms with Gasteiger partial charge in [-0.3, -0.25) is 14.2 Å². The highest BCUT2D eigenvalue weighted by molar-refractivity contribution is 7.99. The average Bonchev–Trinajstić information content (AvgIpc) is 3.37. The Hall–Kier alpha value is -1.64. The largest absolute Gasteiger partial charge is 0.350 e. The van der Waals surface area contributed by atoms with Gasteiger partial charge in [-0.2, -0.15) is 0 Å². The zero-order valence-corrected chi connectivity index (χ0v) is 19.9. The lowest BCUT2D eigenvalue weighted by molar-refractivity contribution is -0.118. The van der Waals surface area contributed by atoms with E-state index < -0.39 is 0 Å². The van der Waals surface area contributed by atoms with E-state index in [2.05, 4.69) is 19.2 Å². The maximum absolute atomic E-state index is 13.4. The van der Waals surface area contributed by atoms with E-state index in [9.17, 15) is 9.59 Å². The lowest BCUT2D eigenvalue weighted by Gasteiger charge is -2.14. The van der Waals surface area contributed by atoms with Gasteiger partial charge in [-0.25, -0.2) is 4.98 Å². The van der Waals surface area contributed by atoms with E-state index in [1.807, 2.05) is 17.5 Å². The van der Waals surface area contributed by atoms with Crippen LogP contribution in [0.15, 0.2) is 27.5 Å². The molecule has 0 radical (unpaired) electrons. The molecule has 0 saturated carbocycles. The van der Waals surface area contributed by atoms with Gasteiger partial charge in [-0.1, -0.05) is 31.7 Å². The molecule has 3 aromatic rings. The first kappa shape index (κ1) is 21.6. The summed E-state index contributed by atoms with van der Waals surface area (Å²) < 4.78 is 1.81. The van der Waals surface area contributed by atoms with Crippen molar-refractivity contribution < 1.29 is 4.79 Å². The van der Waals surface area contributed by atoms with Crippen LogP contribution >= 0.6 is 34.4 Å². The predicted molar refractivity (Wildman–Crippen MR) is 127 cm³/mol. The number of aromatic nitrogens is 2. The van der Waals surface area contributed by atoms with Crippen LogP contribution in [0, 0.1) is 5.92 Å². The zero-order chi connectivity index (χ0) is 21.1. The van der Waals surface area contributed by atoms with E-state index in [4.69, 9.17) is 4.98 Å². The summed E-state index contributed by atoms with van der Waals surface area (Å²) in [5.74, 6) is 0.718. The van der Waals surface area contributed by atoms with Gasteiger partial charge in [0.2, 0.25) is 5.91 Å². The van der Waals surface area contributed by atoms with Crippen molar-refractivity contribution in [2.75, 3.05) is 5.75 Å². The Morgan fingerprint density at radius 2 is 2.17 bits per heavy atom. The van der Waals surface area contributed by atoms with Gasteiger partial charge in [-0.15, -0.1) is 22.7 Å². The van der Waals surface area contributed by atoms with Crippen LogP contribution in [-0.2, 0) is 30.7 Å². The molecule has 1 aliphatic carbocycles. The number of thiophene rings is 2. The summed E-state index contributed by atoms with van der Waals surface area (Å²) in [6.45, 7) is 5.51. The fourth-order valence-corrected chi connectivity index (χ4v) is 6.50. The molecule has 0 aromatic carbocycles. The zero-order valence-electron chi connectivity index (χ0n) is 17.4. The molecular weight excluding hydrogens is 434 g/mol. The number of nitrogens with zero attached hydrogens (tertiary/aromatic N) is 2. The van der Waals surface area contributed by atoms with Gasteiger partial charge < -0.3 is 5.32 Å². The summed E-state index contributed by atoms with van der Waals surface area (Å²) >= 11 is 4.67. The first-order valence-electron chi connectivity index (χ1n) is 10.5.